The molecular weight excluding hydrogens is 310 g/mol. The molecule has 2 aromatic rings. The number of aromatic nitrogens is 3. The molecule has 23 heavy (non-hydrogen) atoms. The largest absolute Gasteiger partial charge is 0.347 e. The Labute approximate surface area is 140 Å². The number of piperidine rings is 1. The summed E-state index contributed by atoms with van der Waals surface area (Å²) in [6.45, 7) is 4.78. The van der Waals surface area contributed by atoms with Crippen molar-refractivity contribution in [1.82, 2.24) is 24.3 Å². The Bertz CT molecular complexity index is 656. The number of carbonyl (C=O) groups is 1. The SMILES string of the molecule is Cc1ncsc1CN1CCC(C(=O)N(C)C)(n2ccnc2)CC1. The van der Waals surface area contributed by atoms with Crippen molar-refractivity contribution in [2.24, 2.45) is 0 Å². The van der Waals surface area contributed by atoms with Crippen molar-refractivity contribution < 1.29 is 4.79 Å². The Balaban J connectivity index is 1.75. The van der Waals surface area contributed by atoms with Gasteiger partial charge in [-0.05, 0) is 19.8 Å². The maximum absolute atomic E-state index is 12.8. The molecule has 0 aromatic carbocycles. The van der Waals surface area contributed by atoms with Gasteiger partial charge >= 0.3 is 0 Å². The second-order valence-electron chi connectivity index (χ2n) is 6.34. The number of likely N-dealkylation sites (N-methyl/N-ethyl adjacent to an activating group) is 1. The van der Waals surface area contributed by atoms with Gasteiger partial charge in [0.05, 0.1) is 17.5 Å². The predicted octanol–water partition coefficient (Wildman–Crippen LogP) is 1.73. The Morgan fingerprint density at radius 3 is 2.65 bits per heavy atom. The van der Waals surface area contributed by atoms with Gasteiger partial charge in [0, 0.05) is 51.0 Å². The lowest BCUT2D eigenvalue weighted by atomic mass is 9.85. The molecule has 0 saturated carbocycles. The first-order valence-corrected chi connectivity index (χ1v) is 8.72. The molecule has 0 atom stereocenters. The second kappa shape index (κ2) is 6.41. The van der Waals surface area contributed by atoms with Crippen LogP contribution in [0.25, 0.3) is 0 Å². The molecule has 2 aromatic heterocycles. The van der Waals surface area contributed by atoms with E-state index in [1.807, 2.05) is 30.4 Å². The highest BCUT2D eigenvalue weighted by Crippen LogP contribution is 2.33. The molecule has 0 radical (unpaired) electrons. The van der Waals surface area contributed by atoms with Crippen molar-refractivity contribution in [3.8, 4) is 0 Å². The molecule has 1 aliphatic rings. The number of aryl methyl sites for hydroxylation is 1. The number of likely N-dealkylation sites (tertiary alicyclic amines) is 1. The third-order valence-corrected chi connectivity index (χ3v) is 5.62. The first-order chi connectivity index (χ1) is 11.0. The number of rotatable bonds is 4. The van der Waals surface area contributed by atoms with Crippen LogP contribution >= 0.6 is 11.3 Å². The van der Waals surface area contributed by atoms with Crippen molar-refractivity contribution in [3.05, 3.63) is 34.8 Å². The Kier molecular flexibility index (Phi) is 4.50. The molecule has 0 N–H and O–H groups in total. The zero-order valence-electron chi connectivity index (χ0n) is 13.9. The highest BCUT2D eigenvalue weighted by molar-refractivity contribution is 7.09. The second-order valence-corrected chi connectivity index (χ2v) is 7.28. The van der Waals surface area contributed by atoms with E-state index < -0.39 is 5.54 Å². The minimum absolute atomic E-state index is 0.157. The van der Waals surface area contributed by atoms with Gasteiger partial charge in [0.1, 0.15) is 5.54 Å². The fraction of sp³-hybridized carbons (Fsp3) is 0.562. The van der Waals surface area contributed by atoms with Crippen LogP contribution in [-0.2, 0) is 16.9 Å². The Morgan fingerprint density at radius 1 is 1.39 bits per heavy atom. The lowest BCUT2D eigenvalue weighted by molar-refractivity contribution is -0.141. The van der Waals surface area contributed by atoms with Crippen molar-refractivity contribution >= 4 is 17.2 Å². The maximum Gasteiger partial charge on any atom is 0.248 e. The van der Waals surface area contributed by atoms with Gasteiger partial charge in [-0.25, -0.2) is 9.97 Å². The van der Waals surface area contributed by atoms with Crippen molar-refractivity contribution in [3.63, 3.8) is 0 Å². The number of amides is 1. The minimum atomic E-state index is -0.501. The third-order valence-electron chi connectivity index (χ3n) is 4.70. The van der Waals surface area contributed by atoms with Crippen LogP contribution in [0.3, 0.4) is 0 Å². The topological polar surface area (TPSA) is 54.3 Å². The molecule has 0 bridgehead atoms. The van der Waals surface area contributed by atoms with Crippen LogP contribution in [0.4, 0.5) is 0 Å². The molecule has 3 heterocycles. The summed E-state index contributed by atoms with van der Waals surface area (Å²) in [5, 5.41) is 0. The van der Waals surface area contributed by atoms with Crippen molar-refractivity contribution in [1.29, 1.82) is 0 Å². The van der Waals surface area contributed by atoms with Gasteiger partial charge in [0.15, 0.2) is 0 Å². The summed E-state index contributed by atoms with van der Waals surface area (Å²) in [7, 11) is 3.65. The summed E-state index contributed by atoms with van der Waals surface area (Å²) >= 11 is 1.71. The van der Waals surface area contributed by atoms with E-state index in [1.54, 1.807) is 28.8 Å². The van der Waals surface area contributed by atoms with Gasteiger partial charge in [-0.15, -0.1) is 11.3 Å². The summed E-state index contributed by atoms with van der Waals surface area (Å²) in [5.74, 6) is 0.157. The van der Waals surface area contributed by atoms with Gasteiger partial charge in [-0.3, -0.25) is 9.69 Å². The number of nitrogens with zero attached hydrogens (tertiary/aromatic N) is 5. The quantitative estimate of drug-likeness (QED) is 0.855. The van der Waals surface area contributed by atoms with E-state index in [9.17, 15) is 4.79 Å². The molecule has 1 aliphatic heterocycles. The first kappa shape index (κ1) is 16.1. The number of hydrogen-bond acceptors (Lipinski definition) is 5. The van der Waals surface area contributed by atoms with E-state index in [0.717, 1.165) is 38.2 Å². The van der Waals surface area contributed by atoms with Crippen LogP contribution in [0.1, 0.15) is 23.4 Å². The summed E-state index contributed by atoms with van der Waals surface area (Å²) in [5.41, 5.74) is 2.52. The van der Waals surface area contributed by atoms with Crippen LogP contribution in [0.2, 0.25) is 0 Å². The molecule has 1 saturated heterocycles. The van der Waals surface area contributed by atoms with Crippen molar-refractivity contribution in [2.45, 2.75) is 31.8 Å². The lowest BCUT2D eigenvalue weighted by Gasteiger charge is -2.42. The van der Waals surface area contributed by atoms with Crippen LogP contribution in [0, 0.1) is 6.92 Å². The normalized spacial score (nSPS) is 18.0. The lowest BCUT2D eigenvalue weighted by Crippen LogP contribution is -2.54. The minimum Gasteiger partial charge on any atom is -0.347 e. The molecule has 1 fully saturated rings. The van der Waals surface area contributed by atoms with Crippen LogP contribution < -0.4 is 0 Å². The van der Waals surface area contributed by atoms with E-state index >= 15 is 0 Å². The summed E-state index contributed by atoms with van der Waals surface area (Å²) in [6, 6.07) is 0. The van der Waals surface area contributed by atoms with Gasteiger partial charge in [-0.2, -0.15) is 0 Å². The van der Waals surface area contributed by atoms with Gasteiger partial charge in [-0.1, -0.05) is 0 Å². The fourth-order valence-corrected chi connectivity index (χ4v) is 4.09. The number of hydrogen-bond donors (Lipinski definition) is 0. The van der Waals surface area contributed by atoms with Gasteiger partial charge < -0.3 is 9.47 Å². The standard InChI is InChI=1S/C16H23N5OS/c1-13-14(23-12-18-13)10-20-7-4-16(5-8-20,15(22)19(2)3)21-9-6-17-11-21/h6,9,11-12H,4-5,7-8,10H2,1-3H3. The summed E-state index contributed by atoms with van der Waals surface area (Å²) in [6.07, 6.45) is 7.03. The molecule has 3 rings (SSSR count). The van der Waals surface area contributed by atoms with E-state index in [1.165, 1.54) is 4.88 Å². The summed E-state index contributed by atoms with van der Waals surface area (Å²) < 4.78 is 1.99. The highest BCUT2D eigenvalue weighted by Gasteiger charge is 2.43. The Morgan fingerprint density at radius 2 is 2.13 bits per heavy atom. The van der Waals surface area contributed by atoms with Crippen LogP contribution in [0.5, 0.6) is 0 Å². The molecule has 0 aliphatic carbocycles. The monoisotopic (exact) mass is 333 g/mol. The fourth-order valence-electron chi connectivity index (χ4n) is 3.27. The van der Waals surface area contributed by atoms with E-state index in [2.05, 4.69) is 21.8 Å². The van der Waals surface area contributed by atoms with Crippen LogP contribution in [0.15, 0.2) is 24.2 Å². The highest BCUT2D eigenvalue weighted by atomic mass is 32.1. The Hall–Kier alpha value is -1.73. The molecule has 7 heteroatoms. The molecular formula is C16H23N5OS. The summed E-state index contributed by atoms with van der Waals surface area (Å²) in [4.78, 5) is 26.7. The smallest absolute Gasteiger partial charge is 0.248 e. The van der Waals surface area contributed by atoms with Crippen molar-refractivity contribution in [2.75, 3.05) is 27.2 Å². The van der Waals surface area contributed by atoms with E-state index in [0.29, 0.717) is 0 Å². The molecule has 124 valence electrons. The molecule has 1 amide bonds. The molecule has 6 nitrogen and oxygen atoms in total. The molecule has 0 spiro atoms. The average molecular weight is 333 g/mol. The molecule has 0 unspecified atom stereocenters. The zero-order valence-corrected chi connectivity index (χ0v) is 14.7. The number of imidazole rings is 1. The van der Waals surface area contributed by atoms with Gasteiger partial charge in [0.25, 0.3) is 0 Å². The predicted molar refractivity (Wildman–Crippen MR) is 90.3 cm³/mol. The van der Waals surface area contributed by atoms with Gasteiger partial charge in [0.2, 0.25) is 5.91 Å². The van der Waals surface area contributed by atoms with E-state index in [4.69, 9.17) is 0 Å². The average Bonchev–Trinajstić information content (AvgIpc) is 3.20. The number of thiazole rings is 1. The first-order valence-electron chi connectivity index (χ1n) is 7.84. The number of carbonyl (C=O) groups excluding carboxylic acids is 1. The zero-order chi connectivity index (χ0) is 16.4. The third kappa shape index (κ3) is 3.03. The van der Waals surface area contributed by atoms with Crippen LogP contribution in [-0.4, -0.2) is 57.4 Å². The maximum atomic E-state index is 12.8. The van der Waals surface area contributed by atoms with E-state index in [-0.39, 0.29) is 5.91 Å².